The number of nitrogens with zero attached hydrogens (tertiary/aromatic N) is 4. The fourth-order valence-corrected chi connectivity index (χ4v) is 6.01. The van der Waals surface area contributed by atoms with Gasteiger partial charge in [-0.2, -0.15) is 4.39 Å². The summed E-state index contributed by atoms with van der Waals surface area (Å²) in [5, 5.41) is 4.21. The van der Waals surface area contributed by atoms with Crippen LogP contribution in [0.4, 0.5) is 10.2 Å². The quantitative estimate of drug-likeness (QED) is 0.191. The highest BCUT2D eigenvalue weighted by Crippen LogP contribution is 2.36. The monoisotopic (exact) mass is 606 g/mol. The van der Waals surface area contributed by atoms with Crippen molar-refractivity contribution in [2.24, 2.45) is 5.92 Å². The lowest BCUT2D eigenvalue weighted by atomic mass is 9.87. The third kappa shape index (κ3) is 8.54. The van der Waals surface area contributed by atoms with Crippen LogP contribution in [-0.2, 0) is 10.8 Å². The Morgan fingerprint density at radius 2 is 1.81 bits per heavy atom. The number of likely N-dealkylation sites (tertiary alicyclic amines) is 1. The average molecular weight is 607 g/mol. The van der Waals surface area contributed by atoms with Gasteiger partial charge < -0.3 is 10.2 Å². The first-order valence-electron chi connectivity index (χ1n) is 15.1. The van der Waals surface area contributed by atoms with Crippen LogP contribution in [0.15, 0.2) is 53.7 Å². The number of pyridine rings is 3. The highest BCUT2D eigenvalue weighted by atomic mass is 32.2. The second-order valence-electron chi connectivity index (χ2n) is 14.4. The number of amides is 1. The van der Waals surface area contributed by atoms with E-state index in [4.69, 9.17) is 9.97 Å². The van der Waals surface area contributed by atoms with Gasteiger partial charge in [-0.15, -0.1) is 0 Å². The van der Waals surface area contributed by atoms with Crippen LogP contribution in [0.3, 0.4) is 0 Å². The van der Waals surface area contributed by atoms with Crippen molar-refractivity contribution in [3.63, 3.8) is 0 Å². The molecule has 0 radical (unpaired) electrons. The maximum absolute atomic E-state index is 14.6. The Balaban J connectivity index is 1.46. The van der Waals surface area contributed by atoms with Gasteiger partial charge >= 0.3 is 0 Å². The van der Waals surface area contributed by atoms with Gasteiger partial charge in [0.15, 0.2) is 0 Å². The molecule has 0 bridgehead atoms. The van der Waals surface area contributed by atoms with E-state index in [0.717, 1.165) is 37.0 Å². The van der Waals surface area contributed by atoms with E-state index in [2.05, 4.69) is 73.7 Å². The van der Waals surface area contributed by atoms with Crippen molar-refractivity contribution in [2.45, 2.75) is 102 Å². The van der Waals surface area contributed by atoms with Gasteiger partial charge in [-0.1, -0.05) is 53.7 Å². The summed E-state index contributed by atoms with van der Waals surface area (Å²) in [6.07, 6.45) is 5.15. The smallest absolute Gasteiger partial charge is 0.266 e. The molecule has 1 aliphatic rings. The minimum atomic E-state index is -0.779. The van der Waals surface area contributed by atoms with E-state index >= 15 is 0 Å². The summed E-state index contributed by atoms with van der Waals surface area (Å²) in [5.41, 5.74) is 2.60. The first kappa shape index (κ1) is 32.9. The molecular formula is C34H47FN6OS. The van der Waals surface area contributed by atoms with Gasteiger partial charge in [0.25, 0.3) is 5.91 Å². The van der Waals surface area contributed by atoms with Crippen LogP contribution in [0.25, 0.3) is 0 Å². The number of hydrogen-bond acceptors (Lipinski definition) is 7. The van der Waals surface area contributed by atoms with E-state index in [1.54, 1.807) is 6.07 Å². The molecule has 4 heterocycles. The number of nitrogens with one attached hydrogen (secondary N) is 2. The first-order chi connectivity index (χ1) is 20.0. The predicted octanol–water partition coefficient (Wildman–Crippen LogP) is 7.71. The minimum absolute atomic E-state index is 0.0214. The minimum Gasteiger partial charge on any atom is -0.362 e. The normalized spacial score (nSPS) is 18.0. The Kier molecular flexibility index (Phi) is 9.86. The van der Waals surface area contributed by atoms with Crippen molar-refractivity contribution >= 4 is 23.7 Å². The van der Waals surface area contributed by atoms with E-state index in [1.807, 2.05) is 45.2 Å². The SMILES string of the molecule is CN1CC(CCC(Nc2cccc(SNC(=O)c3ccc(C(C)(C)C)nc3F)n2)c2ccc(C(C)(C)C)cn2)CC1(C)C. The fraction of sp³-hybridized carbons (Fsp3) is 0.529. The molecule has 232 valence electrons. The van der Waals surface area contributed by atoms with Gasteiger partial charge in [0.05, 0.1) is 17.3 Å². The lowest BCUT2D eigenvalue weighted by molar-refractivity contribution is 0.0979. The van der Waals surface area contributed by atoms with Crippen LogP contribution >= 0.6 is 11.9 Å². The second-order valence-corrected chi connectivity index (χ2v) is 15.3. The molecule has 2 atom stereocenters. The summed E-state index contributed by atoms with van der Waals surface area (Å²) < 4.78 is 17.4. The summed E-state index contributed by atoms with van der Waals surface area (Å²) >= 11 is 1.05. The molecule has 7 nitrogen and oxygen atoms in total. The zero-order valence-corrected chi connectivity index (χ0v) is 27.9. The summed E-state index contributed by atoms with van der Waals surface area (Å²) in [4.78, 5) is 28.8. The largest absolute Gasteiger partial charge is 0.362 e. The number of aromatic nitrogens is 3. The summed E-state index contributed by atoms with van der Waals surface area (Å²) in [6.45, 7) is 18.1. The van der Waals surface area contributed by atoms with Crippen LogP contribution in [0.5, 0.6) is 0 Å². The van der Waals surface area contributed by atoms with E-state index in [1.165, 1.54) is 18.1 Å². The van der Waals surface area contributed by atoms with Crippen molar-refractivity contribution in [3.05, 3.63) is 77.1 Å². The van der Waals surface area contributed by atoms with Crippen molar-refractivity contribution in [1.29, 1.82) is 0 Å². The number of anilines is 1. The van der Waals surface area contributed by atoms with Gasteiger partial charge in [0.2, 0.25) is 5.95 Å². The molecule has 1 aliphatic heterocycles. The van der Waals surface area contributed by atoms with Crippen molar-refractivity contribution < 1.29 is 9.18 Å². The van der Waals surface area contributed by atoms with Crippen molar-refractivity contribution in [2.75, 3.05) is 18.9 Å². The molecule has 1 amide bonds. The van der Waals surface area contributed by atoms with Crippen molar-refractivity contribution in [3.8, 4) is 0 Å². The standard InChI is InChI=1S/C34H47FN6OS/c1-32(2,3)23-14-17-25(36-20-23)26(16-13-22-19-34(7,8)41(9)21-22)37-28-11-10-12-29(39-28)43-40-31(42)24-15-18-27(33(4,5)6)38-30(24)35/h10-12,14-15,17-18,20,22,26H,13,16,19,21H2,1-9H3,(H,37,39)(H,40,42). The molecule has 1 fully saturated rings. The first-order valence-corrected chi connectivity index (χ1v) is 15.9. The average Bonchev–Trinajstić information content (AvgIpc) is 3.19. The molecule has 2 N–H and O–H groups in total. The van der Waals surface area contributed by atoms with Crippen LogP contribution < -0.4 is 10.0 Å². The maximum Gasteiger partial charge on any atom is 0.266 e. The zero-order valence-electron chi connectivity index (χ0n) is 27.1. The number of carbonyl (C=O) groups excluding carboxylic acids is 1. The number of rotatable bonds is 9. The van der Waals surface area contributed by atoms with Gasteiger partial charge in [-0.25, -0.2) is 9.97 Å². The van der Waals surface area contributed by atoms with E-state index in [9.17, 15) is 9.18 Å². The Morgan fingerprint density at radius 3 is 2.40 bits per heavy atom. The molecule has 0 aromatic carbocycles. The highest BCUT2D eigenvalue weighted by Gasteiger charge is 2.35. The van der Waals surface area contributed by atoms with E-state index in [-0.39, 0.29) is 28.0 Å². The molecule has 9 heteroatoms. The summed E-state index contributed by atoms with van der Waals surface area (Å²) in [5.74, 6) is -0.0209. The Hall–Kier alpha value is -3.04. The second kappa shape index (κ2) is 12.9. The fourth-order valence-electron chi connectivity index (χ4n) is 5.41. The van der Waals surface area contributed by atoms with Gasteiger partial charge in [0, 0.05) is 41.3 Å². The molecule has 3 aromatic heterocycles. The summed E-state index contributed by atoms with van der Waals surface area (Å²) in [7, 11) is 2.21. The molecule has 0 aliphatic carbocycles. The number of hydrogen-bond donors (Lipinski definition) is 2. The Labute approximate surface area is 261 Å². The molecular weight excluding hydrogens is 559 g/mol. The van der Waals surface area contributed by atoms with Crippen molar-refractivity contribution in [1.82, 2.24) is 24.6 Å². The zero-order chi connectivity index (χ0) is 31.6. The Morgan fingerprint density at radius 1 is 1.07 bits per heavy atom. The third-order valence-corrected chi connectivity index (χ3v) is 9.11. The molecule has 4 rings (SSSR count). The molecule has 3 aromatic rings. The molecule has 2 unspecified atom stereocenters. The molecule has 43 heavy (non-hydrogen) atoms. The number of carbonyl (C=O) groups is 1. The molecule has 0 saturated carbocycles. The third-order valence-electron chi connectivity index (χ3n) is 8.38. The highest BCUT2D eigenvalue weighted by molar-refractivity contribution is 7.97. The van der Waals surface area contributed by atoms with E-state index < -0.39 is 11.9 Å². The molecule has 0 spiro atoms. The van der Waals surface area contributed by atoms with Crippen LogP contribution in [0, 0.1) is 11.9 Å². The van der Waals surface area contributed by atoms with Gasteiger partial charge in [-0.3, -0.25) is 14.5 Å². The van der Waals surface area contributed by atoms with Gasteiger partial charge in [0.1, 0.15) is 10.8 Å². The summed E-state index contributed by atoms with van der Waals surface area (Å²) in [6, 6.07) is 13.1. The number of halogens is 1. The lowest BCUT2D eigenvalue weighted by Gasteiger charge is -2.26. The Bertz CT molecular complexity index is 1410. The van der Waals surface area contributed by atoms with Gasteiger partial charge in [-0.05, 0) is 87.4 Å². The van der Waals surface area contributed by atoms with E-state index in [0.29, 0.717) is 22.5 Å². The topological polar surface area (TPSA) is 83.0 Å². The van der Waals surface area contributed by atoms with Crippen LogP contribution in [0.1, 0.15) is 108 Å². The van der Waals surface area contributed by atoms with Crippen LogP contribution in [-0.4, -0.2) is 44.9 Å². The lowest BCUT2D eigenvalue weighted by Crippen LogP contribution is -2.34. The maximum atomic E-state index is 14.6. The van der Waals surface area contributed by atoms with Crippen LogP contribution in [0.2, 0.25) is 0 Å². The molecule has 1 saturated heterocycles. The predicted molar refractivity (Wildman–Crippen MR) is 174 cm³/mol.